The maximum atomic E-state index is 7.12. The highest BCUT2D eigenvalue weighted by atomic mass is 15.2. The van der Waals surface area contributed by atoms with E-state index in [1.807, 2.05) is 6.07 Å². The van der Waals surface area contributed by atoms with Crippen LogP contribution in [0.1, 0.15) is 75.3 Å². The van der Waals surface area contributed by atoms with Gasteiger partial charge in [-0.25, -0.2) is 0 Å². The molecule has 1 heterocycles. The number of anilines is 4. The third kappa shape index (κ3) is 5.23. The van der Waals surface area contributed by atoms with Crippen LogP contribution in [0.3, 0.4) is 0 Å². The van der Waals surface area contributed by atoms with Gasteiger partial charge < -0.3 is 10.6 Å². The number of nitrogens with zero attached hydrogens (tertiary/aromatic N) is 1. The van der Waals surface area contributed by atoms with E-state index in [4.69, 9.17) is 13.6 Å². The van der Waals surface area contributed by atoms with Crippen LogP contribution < -0.4 is 16.1 Å². The molecule has 3 heteroatoms. The lowest BCUT2D eigenvalue weighted by molar-refractivity contribution is 0.589. The van der Waals surface area contributed by atoms with Gasteiger partial charge in [0.05, 0.1) is 11.4 Å². The summed E-state index contributed by atoms with van der Waals surface area (Å²) in [5, 5.41) is 0. The molecule has 5 aromatic rings. The Morgan fingerprint density at radius 3 is 2.19 bits per heavy atom. The Morgan fingerprint density at radius 2 is 1.47 bits per heavy atom. The Bertz CT molecular complexity index is 2080. The van der Waals surface area contributed by atoms with E-state index < -0.39 is 0 Å². The van der Waals surface area contributed by atoms with Crippen molar-refractivity contribution in [3.05, 3.63) is 143 Å². The Kier molecular flexibility index (Phi) is 7.55. The van der Waals surface area contributed by atoms with Crippen LogP contribution in [-0.2, 0) is 10.8 Å². The van der Waals surface area contributed by atoms with E-state index in [1.165, 1.54) is 27.8 Å². The van der Waals surface area contributed by atoms with E-state index in [0.29, 0.717) is 0 Å². The first-order valence-corrected chi connectivity index (χ1v) is 16.8. The maximum Gasteiger partial charge on any atom is 0.116 e. The number of aryl methyl sites for hydroxylation is 1. The number of hydrogen-bond donors (Lipinski definition) is 1. The summed E-state index contributed by atoms with van der Waals surface area (Å²) in [6.07, 6.45) is 9.06. The minimum Gasteiger partial charge on any atom is -0.398 e. The Morgan fingerprint density at radius 1 is 0.745 bits per heavy atom. The van der Waals surface area contributed by atoms with Gasteiger partial charge in [-0.15, -0.1) is 0 Å². The SMILES string of the molecule is [B]c1cccc2c1N(c1cc(C)cc(-c3cc(C4=CCCC=C4)c(C(C)(C)C)cc3N)c1-c1ccccc1)c1ccccc1C2(C)C. The number of benzene rings is 5. The van der Waals surface area contributed by atoms with Gasteiger partial charge in [0.1, 0.15) is 7.85 Å². The highest BCUT2D eigenvalue weighted by molar-refractivity contribution is 6.37. The number of nitrogen functional groups attached to an aromatic ring is 1. The standard InChI is InChI=1S/C44H43BN2/c1-28-24-33(32-26-31(29-16-9-7-10-17-29)36(27-38(32)46)43(2,3)4)41(30-18-11-8-12-19-30)40(25-28)47-39-23-14-13-20-34(39)44(5,6)35-21-15-22-37(45)42(35)47/h8-9,11-27H,7,10,46H2,1-6H3. The van der Waals surface area contributed by atoms with Crippen LogP contribution in [0.2, 0.25) is 0 Å². The number of allylic oxidation sites excluding steroid dienone is 4. The minimum atomic E-state index is -0.222. The van der Waals surface area contributed by atoms with E-state index in [-0.39, 0.29) is 10.8 Å². The van der Waals surface area contributed by atoms with Gasteiger partial charge in [-0.1, -0.05) is 131 Å². The van der Waals surface area contributed by atoms with Crippen molar-refractivity contribution in [2.45, 2.75) is 65.2 Å². The predicted octanol–water partition coefficient (Wildman–Crippen LogP) is 10.8. The van der Waals surface area contributed by atoms with Crippen LogP contribution in [0.5, 0.6) is 0 Å². The van der Waals surface area contributed by atoms with Gasteiger partial charge in [0.15, 0.2) is 0 Å². The zero-order chi connectivity index (χ0) is 33.1. The lowest BCUT2D eigenvalue weighted by Gasteiger charge is -2.44. The molecule has 47 heavy (non-hydrogen) atoms. The van der Waals surface area contributed by atoms with Crippen molar-refractivity contribution >= 4 is 41.6 Å². The van der Waals surface area contributed by atoms with E-state index in [0.717, 1.165) is 68.9 Å². The fourth-order valence-electron chi connectivity index (χ4n) is 7.61. The molecule has 2 radical (unpaired) electrons. The number of hydrogen-bond acceptors (Lipinski definition) is 2. The minimum absolute atomic E-state index is 0.0698. The molecule has 0 saturated heterocycles. The summed E-state index contributed by atoms with van der Waals surface area (Å²) in [5.74, 6) is 0. The van der Waals surface area contributed by atoms with Gasteiger partial charge in [-0.3, -0.25) is 0 Å². The summed E-state index contributed by atoms with van der Waals surface area (Å²) >= 11 is 0. The summed E-state index contributed by atoms with van der Waals surface area (Å²) in [4.78, 5) is 2.40. The molecule has 1 aliphatic heterocycles. The zero-order valence-electron chi connectivity index (χ0n) is 28.5. The summed E-state index contributed by atoms with van der Waals surface area (Å²) in [6.45, 7) is 13.6. The molecule has 2 aliphatic rings. The highest BCUT2D eigenvalue weighted by Crippen LogP contribution is 2.54. The Balaban J connectivity index is 1.59. The quantitative estimate of drug-likeness (QED) is 0.162. The van der Waals surface area contributed by atoms with Crippen LogP contribution >= 0.6 is 0 Å². The van der Waals surface area contributed by atoms with Crippen molar-refractivity contribution in [1.29, 1.82) is 0 Å². The molecule has 0 saturated carbocycles. The molecule has 5 aromatic carbocycles. The molecule has 0 aromatic heterocycles. The number of rotatable bonds is 4. The fraction of sp³-hybridized carbons (Fsp3) is 0.227. The van der Waals surface area contributed by atoms with Gasteiger partial charge in [0, 0.05) is 27.9 Å². The second kappa shape index (κ2) is 11.5. The summed E-state index contributed by atoms with van der Waals surface area (Å²) in [5.41, 5.74) is 23.5. The second-order valence-corrected chi connectivity index (χ2v) is 14.7. The fourth-order valence-corrected chi connectivity index (χ4v) is 7.61. The lowest BCUT2D eigenvalue weighted by Crippen LogP contribution is -2.34. The van der Waals surface area contributed by atoms with Gasteiger partial charge in [-0.05, 0) is 94.0 Å². The smallest absolute Gasteiger partial charge is 0.116 e. The van der Waals surface area contributed by atoms with Crippen LogP contribution in [-0.4, -0.2) is 7.85 Å². The Hall–Kier alpha value is -4.76. The monoisotopic (exact) mass is 610 g/mol. The van der Waals surface area contributed by atoms with Crippen LogP contribution in [0.15, 0.2) is 115 Å². The van der Waals surface area contributed by atoms with E-state index in [1.54, 1.807) is 0 Å². The van der Waals surface area contributed by atoms with E-state index >= 15 is 0 Å². The number of nitrogens with two attached hydrogens (primary N) is 1. The van der Waals surface area contributed by atoms with Crippen LogP contribution in [0.4, 0.5) is 22.7 Å². The molecule has 2 N–H and O–H groups in total. The third-order valence-corrected chi connectivity index (χ3v) is 9.94. The third-order valence-electron chi connectivity index (χ3n) is 9.94. The molecule has 0 amide bonds. The van der Waals surface area contributed by atoms with Gasteiger partial charge in [0.2, 0.25) is 0 Å². The normalized spacial score (nSPS) is 15.2. The summed E-state index contributed by atoms with van der Waals surface area (Å²) in [6, 6.07) is 35.0. The van der Waals surface area contributed by atoms with Crippen molar-refractivity contribution in [2.24, 2.45) is 0 Å². The molecule has 1 aliphatic carbocycles. The number of para-hydroxylation sites is 2. The second-order valence-electron chi connectivity index (χ2n) is 14.7. The molecule has 0 spiro atoms. The van der Waals surface area contributed by atoms with Crippen molar-refractivity contribution in [3.63, 3.8) is 0 Å². The van der Waals surface area contributed by atoms with Crippen LogP contribution in [0.25, 0.3) is 27.8 Å². The lowest BCUT2D eigenvalue weighted by atomic mass is 9.71. The van der Waals surface area contributed by atoms with Crippen molar-refractivity contribution in [1.82, 2.24) is 0 Å². The summed E-state index contributed by atoms with van der Waals surface area (Å²) < 4.78 is 0. The molecular formula is C44H43BN2. The van der Waals surface area contributed by atoms with Crippen molar-refractivity contribution in [3.8, 4) is 22.3 Å². The molecule has 0 atom stereocenters. The van der Waals surface area contributed by atoms with Gasteiger partial charge >= 0.3 is 0 Å². The first kappa shape index (κ1) is 30.9. The molecule has 0 fully saturated rings. The Labute approximate surface area is 282 Å². The van der Waals surface area contributed by atoms with Gasteiger partial charge in [0.25, 0.3) is 0 Å². The van der Waals surface area contributed by atoms with Crippen LogP contribution in [0, 0.1) is 6.92 Å². The topological polar surface area (TPSA) is 29.3 Å². The average molecular weight is 611 g/mol. The average Bonchev–Trinajstić information content (AvgIpc) is 3.05. The van der Waals surface area contributed by atoms with E-state index in [2.05, 4.69) is 156 Å². The van der Waals surface area contributed by atoms with E-state index in [9.17, 15) is 0 Å². The molecular weight excluding hydrogens is 567 g/mol. The first-order chi connectivity index (χ1) is 22.5. The van der Waals surface area contributed by atoms with Gasteiger partial charge in [-0.2, -0.15) is 0 Å². The predicted molar refractivity (Wildman–Crippen MR) is 204 cm³/mol. The van der Waals surface area contributed by atoms with Crippen molar-refractivity contribution < 1.29 is 0 Å². The first-order valence-electron chi connectivity index (χ1n) is 16.8. The molecule has 7 rings (SSSR count). The maximum absolute atomic E-state index is 7.12. The molecule has 0 bridgehead atoms. The zero-order valence-corrected chi connectivity index (χ0v) is 28.5. The molecule has 0 unspecified atom stereocenters. The highest BCUT2D eigenvalue weighted by Gasteiger charge is 2.38. The largest absolute Gasteiger partial charge is 0.398 e. The number of fused-ring (bicyclic) bond motifs is 2. The summed E-state index contributed by atoms with van der Waals surface area (Å²) in [7, 11) is 6.93. The van der Waals surface area contributed by atoms with Crippen molar-refractivity contribution in [2.75, 3.05) is 10.6 Å². The molecule has 232 valence electrons. The molecule has 2 nitrogen and oxygen atoms in total.